The number of nitrogens with two attached hydrogens (primary N) is 1. The van der Waals surface area contributed by atoms with Crippen molar-refractivity contribution in [3.05, 3.63) is 50.6 Å². The summed E-state index contributed by atoms with van der Waals surface area (Å²) in [4.78, 5) is 1.27. The number of methoxy groups -OCH3 is 1. The topological polar surface area (TPSA) is 35.2 Å². The Balaban J connectivity index is 2.27. The molecule has 0 spiro atoms. The van der Waals surface area contributed by atoms with Crippen LogP contribution < -0.4 is 10.5 Å². The van der Waals surface area contributed by atoms with Gasteiger partial charge in [0.25, 0.3) is 0 Å². The molecular weight excluding hydrogens is 310 g/mol. The molecule has 1 aromatic carbocycles. The van der Waals surface area contributed by atoms with Crippen LogP contribution in [0, 0.1) is 0 Å². The molecule has 1 atom stereocenters. The van der Waals surface area contributed by atoms with Gasteiger partial charge in [0, 0.05) is 21.3 Å². The average Bonchev–Trinajstić information content (AvgIpc) is 2.74. The van der Waals surface area contributed by atoms with Gasteiger partial charge in [-0.3, -0.25) is 0 Å². The zero-order chi connectivity index (χ0) is 13.2. The van der Waals surface area contributed by atoms with Crippen LogP contribution in [0.1, 0.15) is 17.4 Å². The van der Waals surface area contributed by atoms with Crippen LogP contribution in [-0.2, 0) is 12.0 Å². The third-order valence-electron chi connectivity index (χ3n) is 2.95. The highest BCUT2D eigenvalue weighted by atomic mass is 79.9. The van der Waals surface area contributed by atoms with Crippen LogP contribution in [0.4, 0.5) is 0 Å². The molecule has 0 saturated carbocycles. The largest absolute Gasteiger partial charge is 0.497 e. The van der Waals surface area contributed by atoms with E-state index in [0.717, 1.165) is 22.2 Å². The van der Waals surface area contributed by atoms with Crippen molar-refractivity contribution >= 4 is 27.3 Å². The highest BCUT2D eigenvalue weighted by Crippen LogP contribution is 2.31. The van der Waals surface area contributed by atoms with Gasteiger partial charge in [0.1, 0.15) is 5.75 Å². The van der Waals surface area contributed by atoms with Crippen molar-refractivity contribution in [1.82, 2.24) is 0 Å². The minimum Gasteiger partial charge on any atom is -0.497 e. The lowest BCUT2D eigenvalue weighted by atomic mass is 9.89. The van der Waals surface area contributed by atoms with Crippen LogP contribution in [-0.4, -0.2) is 7.11 Å². The summed E-state index contributed by atoms with van der Waals surface area (Å²) in [7, 11) is 1.67. The van der Waals surface area contributed by atoms with Crippen molar-refractivity contribution in [3.8, 4) is 5.75 Å². The molecule has 2 aromatic rings. The third kappa shape index (κ3) is 2.94. The highest BCUT2D eigenvalue weighted by molar-refractivity contribution is 9.10. The van der Waals surface area contributed by atoms with Crippen LogP contribution in [0.25, 0.3) is 0 Å². The Morgan fingerprint density at radius 2 is 2.17 bits per heavy atom. The minimum atomic E-state index is -0.401. The lowest BCUT2D eigenvalue weighted by molar-refractivity contribution is 0.410. The van der Waals surface area contributed by atoms with Gasteiger partial charge in [0.15, 0.2) is 0 Å². The summed E-state index contributed by atoms with van der Waals surface area (Å²) in [6.45, 7) is 2.05. The SMILES string of the molecule is COc1cccc(C(C)(N)Cc2sccc2Br)c1. The van der Waals surface area contributed by atoms with Crippen molar-refractivity contribution in [2.24, 2.45) is 5.73 Å². The summed E-state index contributed by atoms with van der Waals surface area (Å²) < 4.78 is 6.38. The maximum absolute atomic E-state index is 6.45. The van der Waals surface area contributed by atoms with Crippen molar-refractivity contribution < 1.29 is 4.74 Å². The monoisotopic (exact) mass is 325 g/mol. The highest BCUT2D eigenvalue weighted by Gasteiger charge is 2.23. The summed E-state index contributed by atoms with van der Waals surface area (Å²) in [6.07, 6.45) is 0.804. The van der Waals surface area contributed by atoms with E-state index in [1.54, 1.807) is 18.4 Å². The van der Waals surface area contributed by atoms with Gasteiger partial charge in [-0.1, -0.05) is 12.1 Å². The number of thiophene rings is 1. The van der Waals surface area contributed by atoms with Gasteiger partial charge < -0.3 is 10.5 Å². The predicted octanol–water partition coefficient (Wildman–Crippen LogP) is 3.94. The predicted molar refractivity (Wildman–Crippen MR) is 80.3 cm³/mol. The molecule has 1 heterocycles. The summed E-state index contributed by atoms with van der Waals surface area (Å²) >= 11 is 5.27. The van der Waals surface area contributed by atoms with Gasteiger partial charge in [0.05, 0.1) is 7.11 Å². The lowest BCUT2D eigenvalue weighted by Gasteiger charge is -2.25. The third-order valence-corrected chi connectivity index (χ3v) is 4.87. The second kappa shape index (κ2) is 5.43. The Labute approximate surface area is 120 Å². The fraction of sp³-hybridized carbons (Fsp3) is 0.286. The molecule has 1 aromatic heterocycles. The van der Waals surface area contributed by atoms with E-state index in [4.69, 9.17) is 10.5 Å². The molecule has 0 aliphatic heterocycles. The van der Waals surface area contributed by atoms with Gasteiger partial charge in [-0.05, 0) is 52.0 Å². The van der Waals surface area contributed by atoms with Crippen LogP contribution in [0.3, 0.4) is 0 Å². The summed E-state index contributed by atoms with van der Waals surface area (Å²) in [5.74, 6) is 0.842. The second-order valence-corrected chi connectivity index (χ2v) is 6.37. The Bertz CT molecular complexity index is 536. The molecular formula is C14H16BrNOS. The number of ether oxygens (including phenoxy) is 1. The number of hydrogen-bond donors (Lipinski definition) is 1. The van der Waals surface area contributed by atoms with E-state index in [0.29, 0.717) is 0 Å². The molecule has 2 rings (SSSR count). The van der Waals surface area contributed by atoms with E-state index in [-0.39, 0.29) is 0 Å². The number of halogens is 1. The molecule has 0 aliphatic rings. The zero-order valence-corrected chi connectivity index (χ0v) is 12.8. The molecule has 0 saturated heterocycles. The van der Waals surface area contributed by atoms with Crippen LogP contribution in [0.15, 0.2) is 40.2 Å². The standard InChI is InChI=1S/C14H16BrNOS/c1-14(16,9-13-12(15)6-7-18-13)10-4-3-5-11(8-10)17-2/h3-8H,9,16H2,1-2H3. The van der Waals surface area contributed by atoms with Crippen molar-refractivity contribution in [3.63, 3.8) is 0 Å². The molecule has 0 amide bonds. The molecule has 1 unspecified atom stereocenters. The van der Waals surface area contributed by atoms with Gasteiger partial charge in [0.2, 0.25) is 0 Å². The van der Waals surface area contributed by atoms with Crippen LogP contribution in [0.2, 0.25) is 0 Å². The normalized spacial score (nSPS) is 14.2. The fourth-order valence-corrected chi connectivity index (χ4v) is 3.53. The summed E-state index contributed by atoms with van der Waals surface area (Å²) in [5.41, 5.74) is 7.14. The maximum atomic E-state index is 6.45. The van der Waals surface area contributed by atoms with Crippen molar-refractivity contribution in [2.75, 3.05) is 7.11 Å². The van der Waals surface area contributed by atoms with E-state index < -0.39 is 5.54 Å². The van der Waals surface area contributed by atoms with Gasteiger partial charge >= 0.3 is 0 Å². The van der Waals surface area contributed by atoms with E-state index in [2.05, 4.69) is 27.4 Å². The molecule has 0 fully saturated rings. The average molecular weight is 326 g/mol. The van der Waals surface area contributed by atoms with E-state index in [1.807, 2.05) is 31.2 Å². The zero-order valence-electron chi connectivity index (χ0n) is 10.4. The first kappa shape index (κ1) is 13.6. The van der Waals surface area contributed by atoms with Gasteiger partial charge in [-0.25, -0.2) is 0 Å². The molecule has 2 N–H and O–H groups in total. The minimum absolute atomic E-state index is 0.401. The molecule has 0 radical (unpaired) electrons. The van der Waals surface area contributed by atoms with Crippen LogP contribution >= 0.6 is 27.3 Å². The number of rotatable bonds is 4. The fourth-order valence-electron chi connectivity index (χ4n) is 1.87. The Morgan fingerprint density at radius 3 is 2.78 bits per heavy atom. The molecule has 96 valence electrons. The van der Waals surface area contributed by atoms with Gasteiger partial charge in [-0.2, -0.15) is 0 Å². The molecule has 2 nitrogen and oxygen atoms in total. The molecule has 0 aliphatic carbocycles. The lowest BCUT2D eigenvalue weighted by Crippen LogP contribution is -2.35. The summed E-state index contributed by atoms with van der Waals surface area (Å²) in [5, 5.41) is 2.07. The first-order valence-electron chi connectivity index (χ1n) is 5.68. The Hall–Kier alpha value is -0.840. The van der Waals surface area contributed by atoms with E-state index in [9.17, 15) is 0 Å². The first-order chi connectivity index (χ1) is 8.53. The quantitative estimate of drug-likeness (QED) is 0.924. The smallest absolute Gasteiger partial charge is 0.119 e. The number of benzene rings is 1. The van der Waals surface area contributed by atoms with Crippen molar-refractivity contribution in [1.29, 1.82) is 0 Å². The van der Waals surface area contributed by atoms with Crippen LogP contribution in [0.5, 0.6) is 5.75 Å². The molecule has 4 heteroatoms. The van der Waals surface area contributed by atoms with E-state index in [1.165, 1.54) is 4.88 Å². The summed E-state index contributed by atoms with van der Waals surface area (Å²) in [6, 6.07) is 10.0. The molecule has 0 bridgehead atoms. The number of hydrogen-bond acceptors (Lipinski definition) is 3. The first-order valence-corrected chi connectivity index (χ1v) is 7.35. The molecule has 18 heavy (non-hydrogen) atoms. The van der Waals surface area contributed by atoms with Gasteiger partial charge in [-0.15, -0.1) is 11.3 Å². The Kier molecular flexibility index (Phi) is 4.10. The Morgan fingerprint density at radius 1 is 1.39 bits per heavy atom. The van der Waals surface area contributed by atoms with Crippen molar-refractivity contribution in [2.45, 2.75) is 18.9 Å². The van der Waals surface area contributed by atoms with E-state index >= 15 is 0 Å². The second-order valence-electron chi connectivity index (χ2n) is 4.52. The maximum Gasteiger partial charge on any atom is 0.119 e.